The molecule has 0 unspecified atom stereocenters. The van der Waals surface area contributed by atoms with E-state index in [-0.39, 0.29) is 12.1 Å². The van der Waals surface area contributed by atoms with E-state index in [2.05, 4.69) is 0 Å². The summed E-state index contributed by atoms with van der Waals surface area (Å²) in [5.74, 6) is -2.23. The maximum absolute atomic E-state index is 12.7. The number of aliphatic carboxylic acids is 1. The van der Waals surface area contributed by atoms with Crippen LogP contribution in [0.1, 0.15) is 26.3 Å². The summed E-state index contributed by atoms with van der Waals surface area (Å²) in [6, 6.07) is 12.5. The standard InChI is InChI=1S/C17H17N3O4/c18-9-11-2-1-3-13(8-11)17(24)20(10-15(21)22)14-6-4-12(5-7-14)16(19)23/h1-8H,9-10,18H2,(H2,19,23)(H,21,22). The van der Waals surface area contributed by atoms with Crippen LogP contribution in [0.3, 0.4) is 0 Å². The Labute approximate surface area is 138 Å². The van der Waals surface area contributed by atoms with Crippen LogP contribution < -0.4 is 16.4 Å². The van der Waals surface area contributed by atoms with Crippen molar-refractivity contribution in [1.29, 1.82) is 0 Å². The average Bonchev–Trinajstić information content (AvgIpc) is 2.59. The maximum atomic E-state index is 12.7. The molecule has 0 aliphatic carbocycles. The fraction of sp³-hybridized carbons (Fsp3) is 0.118. The summed E-state index contributed by atoms with van der Waals surface area (Å²) in [5.41, 5.74) is 12.5. The van der Waals surface area contributed by atoms with Gasteiger partial charge in [-0.3, -0.25) is 19.3 Å². The van der Waals surface area contributed by atoms with Gasteiger partial charge in [0.1, 0.15) is 6.54 Å². The predicted octanol–water partition coefficient (Wildman–Crippen LogP) is 0.976. The number of carboxylic acids is 1. The van der Waals surface area contributed by atoms with E-state index < -0.39 is 24.3 Å². The molecule has 0 aliphatic rings. The zero-order valence-electron chi connectivity index (χ0n) is 12.8. The molecule has 0 aromatic heterocycles. The van der Waals surface area contributed by atoms with Gasteiger partial charge in [-0.1, -0.05) is 12.1 Å². The number of hydrogen-bond acceptors (Lipinski definition) is 4. The van der Waals surface area contributed by atoms with Gasteiger partial charge in [0.2, 0.25) is 5.91 Å². The topological polar surface area (TPSA) is 127 Å². The molecule has 0 atom stereocenters. The van der Waals surface area contributed by atoms with Crippen LogP contribution in [0.5, 0.6) is 0 Å². The minimum absolute atomic E-state index is 0.270. The van der Waals surface area contributed by atoms with E-state index in [9.17, 15) is 14.4 Å². The van der Waals surface area contributed by atoms with Gasteiger partial charge in [0, 0.05) is 23.4 Å². The highest BCUT2D eigenvalue weighted by molar-refractivity contribution is 6.08. The molecule has 0 bridgehead atoms. The Morgan fingerprint density at radius 3 is 2.21 bits per heavy atom. The van der Waals surface area contributed by atoms with Crippen LogP contribution in [0.4, 0.5) is 5.69 Å². The number of anilines is 1. The fourth-order valence-corrected chi connectivity index (χ4v) is 2.21. The van der Waals surface area contributed by atoms with Gasteiger partial charge < -0.3 is 16.6 Å². The fourth-order valence-electron chi connectivity index (χ4n) is 2.21. The highest BCUT2D eigenvalue weighted by Crippen LogP contribution is 2.19. The SMILES string of the molecule is NCc1cccc(C(=O)N(CC(=O)O)c2ccc(C(N)=O)cc2)c1. The van der Waals surface area contributed by atoms with Crippen LogP contribution >= 0.6 is 0 Å². The summed E-state index contributed by atoms with van der Waals surface area (Å²) < 4.78 is 0. The number of rotatable bonds is 6. The Kier molecular flexibility index (Phi) is 5.28. The molecule has 7 heteroatoms. The van der Waals surface area contributed by atoms with Crippen LogP contribution in [0.15, 0.2) is 48.5 Å². The summed E-state index contributed by atoms with van der Waals surface area (Å²) in [4.78, 5) is 36.1. The van der Waals surface area contributed by atoms with Crippen molar-refractivity contribution in [3.05, 3.63) is 65.2 Å². The normalized spacial score (nSPS) is 10.2. The highest BCUT2D eigenvalue weighted by atomic mass is 16.4. The van der Waals surface area contributed by atoms with E-state index >= 15 is 0 Å². The Morgan fingerprint density at radius 2 is 1.67 bits per heavy atom. The van der Waals surface area contributed by atoms with Crippen molar-refractivity contribution in [2.45, 2.75) is 6.54 Å². The monoisotopic (exact) mass is 327 g/mol. The number of carbonyl (C=O) groups is 3. The smallest absolute Gasteiger partial charge is 0.323 e. The third-order valence-corrected chi connectivity index (χ3v) is 3.41. The first-order chi connectivity index (χ1) is 11.4. The predicted molar refractivity (Wildman–Crippen MR) is 88.6 cm³/mol. The molecule has 2 rings (SSSR count). The second kappa shape index (κ2) is 7.38. The van der Waals surface area contributed by atoms with Gasteiger partial charge >= 0.3 is 5.97 Å². The summed E-state index contributed by atoms with van der Waals surface area (Å²) >= 11 is 0. The molecule has 0 heterocycles. The minimum atomic E-state index is -1.16. The van der Waals surface area contributed by atoms with Crippen molar-refractivity contribution in [1.82, 2.24) is 0 Å². The van der Waals surface area contributed by atoms with Crippen LogP contribution in [0.25, 0.3) is 0 Å². The maximum Gasteiger partial charge on any atom is 0.323 e. The number of hydrogen-bond donors (Lipinski definition) is 3. The zero-order valence-corrected chi connectivity index (χ0v) is 12.8. The highest BCUT2D eigenvalue weighted by Gasteiger charge is 2.21. The summed E-state index contributed by atoms with van der Waals surface area (Å²) in [6.07, 6.45) is 0. The molecular formula is C17H17N3O4. The number of benzene rings is 2. The lowest BCUT2D eigenvalue weighted by molar-refractivity contribution is -0.135. The number of primary amides is 1. The second-order valence-electron chi connectivity index (χ2n) is 5.10. The van der Waals surface area contributed by atoms with E-state index in [1.54, 1.807) is 24.3 Å². The van der Waals surface area contributed by atoms with Gasteiger partial charge in [-0.25, -0.2) is 0 Å². The molecule has 24 heavy (non-hydrogen) atoms. The summed E-state index contributed by atoms with van der Waals surface area (Å²) in [5, 5.41) is 9.10. The first kappa shape index (κ1) is 17.2. The van der Waals surface area contributed by atoms with Gasteiger partial charge in [0.25, 0.3) is 5.91 Å². The van der Waals surface area contributed by atoms with Crippen molar-refractivity contribution in [2.24, 2.45) is 11.5 Å². The molecule has 7 nitrogen and oxygen atoms in total. The van der Waals surface area contributed by atoms with Crippen molar-refractivity contribution in [3.63, 3.8) is 0 Å². The molecule has 5 N–H and O–H groups in total. The quantitative estimate of drug-likeness (QED) is 0.729. The Hall–Kier alpha value is -3.19. The number of carboxylic acid groups (broad SMARTS) is 1. The van der Waals surface area contributed by atoms with Crippen LogP contribution in [0, 0.1) is 0 Å². The molecule has 124 valence electrons. The van der Waals surface area contributed by atoms with Gasteiger partial charge in [-0.15, -0.1) is 0 Å². The van der Waals surface area contributed by atoms with Crippen molar-refractivity contribution in [2.75, 3.05) is 11.4 Å². The molecule has 0 radical (unpaired) electrons. The first-order valence-electron chi connectivity index (χ1n) is 7.15. The van der Waals surface area contributed by atoms with E-state index in [1.807, 2.05) is 0 Å². The van der Waals surface area contributed by atoms with E-state index in [0.717, 1.165) is 10.5 Å². The molecule has 0 saturated carbocycles. The van der Waals surface area contributed by atoms with Crippen LogP contribution in [0.2, 0.25) is 0 Å². The Morgan fingerprint density at radius 1 is 1.00 bits per heavy atom. The van der Waals surface area contributed by atoms with Gasteiger partial charge in [0.15, 0.2) is 0 Å². The van der Waals surface area contributed by atoms with Crippen molar-refractivity contribution in [3.8, 4) is 0 Å². The minimum Gasteiger partial charge on any atom is -0.480 e. The summed E-state index contributed by atoms with van der Waals surface area (Å²) in [7, 11) is 0. The molecule has 0 saturated heterocycles. The molecular weight excluding hydrogens is 310 g/mol. The lowest BCUT2D eigenvalue weighted by atomic mass is 10.1. The number of carbonyl (C=O) groups excluding carboxylic acids is 2. The van der Waals surface area contributed by atoms with E-state index in [0.29, 0.717) is 11.3 Å². The molecule has 2 aromatic carbocycles. The van der Waals surface area contributed by atoms with Gasteiger partial charge in [0.05, 0.1) is 0 Å². The molecule has 2 amide bonds. The lowest BCUT2D eigenvalue weighted by Gasteiger charge is -2.21. The van der Waals surface area contributed by atoms with E-state index in [1.165, 1.54) is 24.3 Å². The van der Waals surface area contributed by atoms with Gasteiger partial charge in [-0.05, 0) is 42.0 Å². The molecule has 0 aliphatic heterocycles. The zero-order chi connectivity index (χ0) is 17.7. The van der Waals surface area contributed by atoms with E-state index in [4.69, 9.17) is 16.6 Å². The number of amides is 2. The van der Waals surface area contributed by atoms with Crippen LogP contribution in [-0.2, 0) is 11.3 Å². The Bertz CT molecular complexity index is 772. The molecule has 2 aromatic rings. The summed E-state index contributed by atoms with van der Waals surface area (Å²) in [6.45, 7) is -0.241. The first-order valence-corrected chi connectivity index (χ1v) is 7.15. The van der Waals surface area contributed by atoms with Crippen molar-refractivity contribution >= 4 is 23.5 Å². The third kappa shape index (κ3) is 3.96. The average molecular weight is 327 g/mol. The lowest BCUT2D eigenvalue weighted by Crippen LogP contribution is -2.35. The van der Waals surface area contributed by atoms with Crippen molar-refractivity contribution < 1.29 is 19.5 Å². The Balaban J connectivity index is 2.38. The number of nitrogens with zero attached hydrogens (tertiary/aromatic N) is 1. The molecule has 0 fully saturated rings. The van der Waals surface area contributed by atoms with Crippen LogP contribution in [-0.4, -0.2) is 29.4 Å². The molecule has 0 spiro atoms. The van der Waals surface area contributed by atoms with Gasteiger partial charge in [-0.2, -0.15) is 0 Å². The third-order valence-electron chi connectivity index (χ3n) is 3.41. The second-order valence-corrected chi connectivity index (χ2v) is 5.10. The largest absolute Gasteiger partial charge is 0.480 e. The number of nitrogens with two attached hydrogens (primary N) is 2.